The average Bonchev–Trinajstić information content (AvgIpc) is 3.25. The van der Waals surface area contributed by atoms with Crippen molar-refractivity contribution in [3.8, 4) is 6.07 Å². The Morgan fingerprint density at radius 3 is 2.58 bits per heavy atom. The number of carbonyl (C=O) groups excluding carboxylic acids is 3. The number of aryl methyl sites for hydroxylation is 1. The van der Waals surface area contributed by atoms with Crippen LogP contribution in [0.3, 0.4) is 0 Å². The molecule has 0 saturated heterocycles. The van der Waals surface area contributed by atoms with Crippen LogP contribution < -0.4 is 10.6 Å². The molecule has 0 aliphatic heterocycles. The smallest absolute Gasteiger partial charge is 0.373 e. The number of unbranched alkanes of at least 4 members (excludes halogenated alkanes) is 2. The number of hydrogen-bond donors (Lipinski definition) is 2. The van der Waals surface area contributed by atoms with Crippen LogP contribution in [0.5, 0.6) is 0 Å². The van der Waals surface area contributed by atoms with Gasteiger partial charge in [-0.15, -0.1) is 0 Å². The molecule has 1 aromatic heterocycles. The summed E-state index contributed by atoms with van der Waals surface area (Å²) in [6, 6.07) is 8.60. The Hall–Kier alpha value is -4.20. The number of para-hydroxylation sites is 1. The number of rotatable bonds is 12. The van der Waals surface area contributed by atoms with Crippen LogP contribution in [0.2, 0.25) is 0 Å². The van der Waals surface area contributed by atoms with E-state index in [2.05, 4.69) is 33.4 Å². The second kappa shape index (κ2) is 13.9. The highest BCUT2D eigenvalue weighted by molar-refractivity contribution is 6.06. The SMILES string of the molecule is C=C(OC(CNC(=O)C(NC(=O)c1nn(CCCCC#N)c2ccccc12)C(C)(C)C)=NC)C(=O)OCC. The third kappa shape index (κ3) is 8.16. The molecule has 2 amide bonds. The molecule has 0 fully saturated rings. The minimum absolute atomic E-state index is 0.0523. The number of aromatic nitrogens is 2. The maximum atomic E-state index is 13.4. The molecule has 0 aliphatic rings. The van der Waals surface area contributed by atoms with E-state index in [0.717, 1.165) is 18.4 Å². The number of esters is 1. The lowest BCUT2D eigenvalue weighted by atomic mass is 9.86. The van der Waals surface area contributed by atoms with Gasteiger partial charge < -0.3 is 20.1 Å². The number of ether oxygens (including phenoxy) is 2. The Bertz CT molecular complexity index is 1230. The molecule has 11 nitrogen and oxygen atoms in total. The monoisotopic (exact) mass is 524 g/mol. The normalized spacial score (nSPS) is 12.4. The third-order valence-corrected chi connectivity index (χ3v) is 5.59. The van der Waals surface area contributed by atoms with Gasteiger partial charge in [-0.2, -0.15) is 10.4 Å². The minimum atomic E-state index is -0.916. The van der Waals surface area contributed by atoms with Gasteiger partial charge in [0.05, 0.1) is 24.7 Å². The lowest BCUT2D eigenvalue weighted by Gasteiger charge is -2.30. The van der Waals surface area contributed by atoms with Crippen LogP contribution in [-0.4, -0.2) is 59.7 Å². The van der Waals surface area contributed by atoms with Crippen LogP contribution in [0.15, 0.2) is 41.6 Å². The number of nitriles is 1. The number of nitrogens with one attached hydrogen (secondary N) is 2. The minimum Gasteiger partial charge on any atom is -0.460 e. The van der Waals surface area contributed by atoms with Gasteiger partial charge in [-0.05, 0) is 37.8 Å². The zero-order valence-electron chi connectivity index (χ0n) is 22.7. The molecule has 0 radical (unpaired) electrons. The number of carbonyl (C=O) groups is 3. The fourth-order valence-electron chi connectivity index (χ4n) is 3.63. The topological polar surface area (TPSA) is 148 Å². The summed E-state index contributed by atoms with van der Waals surface area (Å²) >= 11 is 0. The summed E-state index contributed by atoms with van der Waals surface area (Å²) in [6.45, 7) is 11.3. The van der Waals surface area contributed by atoms with Crippen LogP contribution in [0.25, 0.3) is 10.9 Å². The van der Waals surface area contributed by atoms with Crippen LogP contribution in [0.1, 0.15) is 57.4 Å². The number of amides is 2. The lowest BCUT2D eigenvalue weighted by Crippen LogP contribution is -2.54. The second-order valence-corrected chi connectivity index (χ2v) is 9.56. The van der Waals surface area contributed by atoms with Gasteiger partial charge in [-0.1, -0.05) is 39.0 Å². The third-order valence-electron chi connectivity index (χ3n) is 5.59. The van der Waals surface area contributed by atoms with Crippen molar-refractivity contribution >= 4 is 34.6 Å². The molecule has 1 atom stereocenters. The molecular formula is C27H36N6O5. The highest BCUT2D eigenvalue weighted by Crippen LogP contribution is 2.23. The quantitative estimate of drug-likeness (QED) is 0.108. The molecule has 1 heterocycles. The van der Waals surface area contributed by atoms with Gasteiger partial charge in [0, 0.05) is 25.4 Å². The van der Waals surface area contributed by atoms with Gasteiger partial charge in [-0.3, -0.25) is 19.3 Å². The first kappa shape index (κ1) is 30.0. The largest absolute Gasteiger partial charge is 0.460 e. The van der Waals surface area contributed by atoms with Crippen molar-refractivity contribution in [2.75, 3.05) is 20.2 Å². The van der Waals surface area contributed by atoms with Crippen molar-refractivity contribution in [2.24, 2.45) is 10.4 Å². The summed E-state index contributed by atoms with van der Waals surface area (Å²) in [5, 5.41) is 19.5. The molecule has 2 rings (SSSR count). The molecule has 0 bridgehead atoms. The molecule has 2 aromatic rings. The summed E-state index contributed by atoms with van der Waals surface area (Å²) in [7, 11) is 1.45. The van der Waals surface area contributed by atoms with E-state index in [4.69, 9.17) is 14.7 Å². The van der Waals surface area contributed by atoms with Gasteiger partial charge in [0.15, 0.2) is 5.69 Å². The fraction of sp³-hybridized carbons (Fsp3) is 0.481. The van der Waals surface area contributed by atoms with Crippen molar-refractivity contribution in [1.82, 2.24) is 20.4 Å². The summed E-state index contributed by atoms with van der Waals surface area (Å²) < 4.78 is 11.9. The lowest BCUT2D eigenvalue weighted by molar-refractivity contribution is -0.141. The molecule has 1 unspecified atom stereocenters. The standard InChI is InChI=1S/C27H36N6O5/c1-7-37-26(36)18(2)38-21(29-6)17-30-25(35)23(27(3,4)5)31-24(34)22-19-13-9-10-14-20(19)33(32-22)16-12-8-11-15-28/h9-10,13-14,23H,2,7-8,11-12,16-17H2,1,3-6H3,(H,30,35)(H,31,34). The van der Waals surface area contributed by atoms with Crippen molar-refractivity contribution in [1.29, 1.82) is 5.26 Å². The van der Waals surface area contributed by atoms with Crippen LogP contribution in [0.4, 0.5) is 0 Å². The molecule has 0 saturated carbocycles. The van der Waals surface area contributed by atoms with E-state index in [1.807, 2.05) is 45.0 Å². The highest BCUT2D eigenvalue weighted by atomic mass is 16.6. The van der Waals surface area contributed by atoms with E-state index in [9.17, 15) is 14.4 Å². The van der Waals surface area contributed by atoms with Crippen molar-refractivity contribution in [3.63, 3.8) is 0 Å². The van der Waals surface area contributed by atoms with E-state index in [-0.39, 0.29) is 30.5 Å². The Kier molecular flexibility index (Phi) is 11.0. The van der Waals surface area contributed by atoms with Gasteiger partial charge in [0.2, 0.25) is 17.6 Å². The van der Waals surface area contributed by atoms with E-state index in [0.29, 0.717) is 18.4 Å². The molecule has 1 aromatic carbocycles. The predicted molar refractivity (Wildman–Crippen MR) is 143 cm³/mol. The molecular weight excluding hydrogens is 488 g/mol. The Morgan fingerprint density at radius 2 is 1.95 bits per heavy atom. The van der Waals surface area contributed by atoms with E-state index >= 15 is 0 Å². The first-order valence-corrected chi connectivity index (χ1v) is 12.4. The molecule has 0 spiro atoms. The Labute approximate surface area is 222 Å². The van der Waals surface area contributed by atoms with E-state index < -0.39 is 29.2 Å². The van der Waals surface area contributed by atoms with Crippen molar-refractivity contribution in [2.45, 2.75) is 59.5 Å². The highest BCUT2D eigenvalue weighted by Gasteiger charge is 2.34. The number of hydrogen-bond acceptors (Lipinski definition) is 8. The molecule has 0 aliphatic carbocycles. The average molecular weight is 525 g/mol. The van der Waals surface area contributed by atoms with E-state index in [1.54, 1.807) is 11.6 Å². The summed E-state index contributed by atoms with van der Waals surface area (Å²) in [5.74, 6) is -1.87. The zero-order valence-corrected chi connectivity index (χ0v) is 22.7. The maximum Gasteiger partial charge on any atom is 0.373 e. The fourth-order valence-corrected chi connectivity index (χ4v) is 3.63. The summed E-state index contributed by atoms with van der Waals surface area (Å²) in [5.41, 5.74) is 0.371. The van der Waals surface area contributed by atoms with Crippen LogP contribution >= 0.6 is 0 Å². The Balaban J connectivity index is 2.16. The van der Waals surface area contributed by atoms with Gasteiger partial charge >= 0.3 is 5.97 Å². The molecule has 2 N–H and O–H groups in total. The number of benzene rings is 1. The summed E-state index contributed by atoms with van der Waals surface area (Å²) in [6.07, 6.45) is 1.94. The zero-order chi connectivity index (χ0) is 28.3. The number of nitrogens with zero attached hydrogens (tertiary/aromatic N) is 4. The first-order valence-electron chi connectivity index (χ1n) is 12.4. The number of fused-ring (bicyclic) bond motifs is 1. The molecule has 38 heavy (non-hydrogen) atoms. The van der Waals surface area contributed by atoms with Crippen molar-refractivity contribution < 1.29 is 23.9 Å². The second-order valence-electron chi connectivity index (χ2n) is 9.56. The van der Waals surface area contributed by atoms with Gasteiger partial charge in [-0.25, -0.2) is 4.79 Å². The predicted octanol–water partition coefficient (Wildman–Crippen LogP) is 3.11. The molecule has 11 heteroatoms. The van der Waals surface area contributed by atoms with Gasteiger partial charge in [0.25, 0.3) is 5.91 Å². The van der Waals surface area contributed by atoms with Gasteiger partial charge in [0.1, 0.15) is 6.04 Å². The van der Waals surface area contributed by atoms with E-state index in [1.165, 1.54) is 7.05 Å². The Morgan fingerprint density at radius 1 is 1.24 bits per heavy atom. The van der Waals surface area contributed by atoms with Crippen LogP contribution in [-0.2, 0) is 25.6 Å². The van der Waals surface area contributed by atoms with Crippen molar-refractivity contribution in [3.05, 3.63) is 42.3 Å². The maximum absolute atomic E-state index is 13.4. The first-order chi connectivity index (χ1) is 18.0. The number of aliphatic imine (C=N–C) groups is 1. The molecule has 204 valence electrons. The van der Waals surface area contributed by atoms with Crippen LogP contribution in [0, 0.1) is 16.7 Å². The summed E-state index contributed by atoms with van der Waals surface area (Å²) in [4.78, 5) is 42.2.